The second-order valence-corrected chi connectivity index (χ2v) is 6.52. The number of likely N-dealkylation sites (N-methyl/N-ethyl adjacent to an activating group) is 1. The zero-order chi connectivity index (χ0) is 17.2. The molecule has 2 aliphatic heterocycles. The number of anilines is 1. The number of rotatable bonds is 5. The molecule has 1 aromatic heterocycles. The van der Waals surface area contributed by atoms with Crippen LogP contribution in [0, 0.1) is 0 Å². The summed E-state index contributed by atoms with van der Waals surface area (Å²) in [7, 11) is 5.05. The lowest BCUT2D eigenvalue weighted by Crippen LogP contribution is -2.66. The van der Waals surface area contributed by atoms with Crippen LogP contribution in [0.15, 0.2) is 12.4 Å². The van der Waals surface area contributed by atoms with Crippen LogP contribution in [0.3, 0.4) is 0 Å². The monoisotopic (exact) mass is 336 g/mol. The van der Waals surface area contributed by atoms with Crippen molar-refractivity contribution in [3.05, 3.63) is 12.4 Å². The minimum atomic E-state index is -0.206. The third-order valence-corrected chi connectivity index (χ3v) is 4.51. The Morgan fingerprint density at radius 1 is 1.46 bits per heavy atom. The first-order valence-corrected chi connectivity index (χ1v) is 8.08. The van der Waals surface area contributed by atoms with E-state index in [2.05, 4.69) is 14.9 Å². The van der Waals surface area contributed by atoms with Crippen LogP contribution < -0.4 is 9.64 Å². The summed E-state index contributed by atoms with van der Waals surface area (Å²) in [5, 5.41) is 0. The van der Waals surface area contributed by atoms with Crippen molar-refractivity contribution < 1.29 is 19.0 Å². The van der Waals surface area contributed by atoms with Gasteiger partial charge in [0.05, 0.1) is 26.3 Å². The van der Waals surface area contributed by atoms with E-state index in [1.807, 2.05) is 6.07 Å². The zero-order valence-corrected chi connectivity index (χ0v) is 14.4. The summed E-state index contributed by atoms with van der Waals surface area (Å²) in [6.07, 6.45) is 3.18. The number of amides is 1. The molecule has 1 amide bonds. The molecule has 0 aromatic carbocycles. The highest BCUT2D eigenvalue weighted by Gasteiger charge is 2.48. The molecule has 2 saturated heterocycles. The van der Waals surface area contributed by atoms with Crippen molar-refractivity contribution in [2.24, 2.45) is 0 Å². The number of nitrogens with zero attached hydrogens (tertiary/aromatic N) is 4. The Morgan fingerprint density at radius 2 is 2.25 bits per heavy atom. The molecule has 24 heavy (non-hydrogen) atoms. The fraction of sp³-hybridized carbons (Fsp3) is 0.688. The number of hydrogen-bond acceptors (Lipinski definition) is 7. The Bertz CT molecular complexity index is 589. The Balaban J connectivity index is 1.53. The molecule has 2 aliphatic rings. The van der Waals surface area contributed by atoms with Crippen molar-refractivity contribution in [1.82, 2.24) is 14.9 Å². The van der Waals surface area contributed by atoms with Crippen molar-refractivity contribution in [2.45, 2.75) is 24.5 Å². The minimum absolute atomic E-state index is 0.0149. The van der Waals surface area contributed by atoms with E-state index < -0.39 is 0 Å². The van der Waals surface area contributed by atoms with E-state index in [0.717, 1.165) is 31.7 Å². The van der Waals surface area contributed by atoms with E-state index in [-0.39, 0.29) is 24.2 Å². The first kappa shape index (κ1) is 16.9. The normalized spacial score (nSPS) is 22.1. The van der Waals surface area contributed by atoms with Crippen molar-refractivity contribution in [3.8, 4) is 5.88 Å². The van der Waals surface area contributed by atoms with Gasteiger partial charge in [-0.1, -0.05) is 0 Å². The molecule has 8 nitrogen and oxygen atoms in total. The van der Waals surface area contributed by atoms with Gasteiger partial charge in [0.1, 0.15) is 24.4 Å². The van der Waals surface area contributed by atoms with E-state index in [9.17, 15) is 4.79 Å². The zero-order valence-electron chi connectivity index (χ0n) is 14.4. The predicted molar refractivity (Wildman–Crippen MR) is 87.1 cm³/mol. The number of carbonyl (C=O) groups excluding carboxylic acids is 1. The van der Waals surface area contributed by atoms with Gasteiger partial charge in [-0.15, -0.1) is 0 Å². The second-order valence-electron chi connectivity index (χ2n) is 6.52. The Hall–Kier alpha value is -1.93. The van der Waals surface area contributed by atoms with Gasteiger partial charge in [0, 0.05) is 33.2 Å². The first-order valence-electron chi connectivity index (χ1n) is 8.08. The molecule has 0 radical (unpaired) electrons. The number of methoxy groups -OCH3 is 1. The fourth-order valence-corrected chi connectivity index (χ4v) is 3.09. The first-order chi connectivity index (χ1) is 11.5. The van der Waals surface area contributed by atoms with Gasteiger partial charge in [-0.3, -0.25) is 4.79 Å². The van der Waals surface area contributed by atoms with E-state index in [1.165, 1.54) is 6.33 Å². The highest BCUT2D eigenvalue weighted by molar-refractivity contribution is 5.76. The molecular weight excluding hydrogens is 312 g/mol. The largest absolute Gasteiger partial charge is 0.481 e. The third-order valence-electron chi connectivity index (χ3n) is 4.51. The van der Waals surface area contributed by atoms with Gasteiger partial charge >= 0.3 is 0 Å². The topological polar surface area (TPSA) is 77.0 Å². The summed E-state index contributed by atoms with van der Waals surface area (Å²) in [6.45, 7) is 2.30. The molecule has 0 saturated carbocycles. The number of hydrogen-bond donors (Lipinski definition) is 0. The molecule has 3 heterocycles. The summed E-state index contributed by atoms with van der Waals surface area (Å²) in [5.74, 6) is 1.37. The molecule has 8 heteroatoms. The van der Waals surface area contributed by atoms with Gasteiger partial charge in [-0.05, 0) is 6.42 Å². The lowest BCUT2D eigenvalue weighted by molar-refractivity contribution is -0.156. The van der Waals surface area contributed by atoms with Crippen LogP contribution in [0.1, 0.15) is 12.8 Å². The highest BCUT2D eigenvalue weighted by Crippen LogP contribution is 2.37. The molecule has 1 spiro atoms. The molecule has 1 atom stereocenters. The summed E-state index contributed by atoms with van der Waals surface area (Å²) >= 11 is 0. The van der Waals surface area contributed by atoms with E-state index in [4.69, 9.17) is 14.2 Å². The highest BCUT2D eigenvalue weighted by atomic mass is 16.5. The maximum atomic E-state index is 11.7. The van der Waals surface area contributed by atoms with Crippen LogP contribution in [-0.2, 0) is 14.3 Å². The van der Waals surface area contributed by atoms with Gasteiger partial charge < -0.3 is 24.0 Å². The Labute approximate surface area is 141 Å². The number of carbonyl (C=O) groups is 1. The molecule has 1 aromatic rings. The van der Waals surface area contributed by atoms with E-state index in [0.29, 0.717) is 12.5 Å². The second kappa shape index (κ2) is 6.90. The van der Waals surface area contributed by atoms with Crippen molar-refractivity contribution in [3.63, 3.8) is 0 Å². The Kier molecular flexibility index (Phi) is 4.86. The third kappa shape index (κ3) is 3.59. The summed E-state index contributed by atoms with van der Waals surface area (Å²) in [4.78, 5) is 23.6. The molecular formula is C16H24N4O4. The van der Waals surface area contributed by atoms with Crippen LogP contribution in [-0.4, -0.2) is 80.0 Å². The van der Waals surface area contributed by atoms with Gasteiger partial charge in [0.2, 0.25) is 11.8 Å². The summed E-state index contributed by atoms with van der Waals surface area (Å²) in [5.41, 5.74) is -0.206. The molecule has 0 bridgehead atoms. The van der Waals surface area contributed by atoms with E-state index >= 15 is 0 Å². The minimum Gasteiger partial charge on any atom is -0.481 e. The fourth-order valence-electron chi connectivity index (χ4n) is 3.09. The van der Waals surface area contributed by atoms with E-state index in [1.54, 1.807) is 26.1 Å². The lowest BCUT2D eigenvalue weighted by atomic mass is 9.84. The standard InChI is InChI=1S/C16H24N4O4/c1-19(2)15(21)8-23-12-4-5-24-16(7-12)9-20(10-16)13-6-14(22-3)18-11-17-13/h6,11-12H,4-5,7-10H2,1-3H3/t12-/m1/s1. The average Bonchev–Trinajstić information content (AvgIpc) is 2.57. The average molecular weight is 336 g/mol. The Morgan fingerprint density at radius 3 is 2.96 bits per heavy atom. The summed E-state index contributed by atoms with van der Waals surface area (Å²) < 4.78 is 16.9. The van der Waals surface area contributed by atoms with Crippen molar-refractivity contribution in [1.29, 1.82) is 0 Å². The molecule has 0 unspecified atom stereocenters. The SMILES string of the molecule is COc1cc(N2CC3(C[C@H](OCC(=O)N(C)C)CCO3)C2)ncn1. The van der Waals surface area contributed by atoms with Gasteiger partial charge in [-0.25, -0.2) is 9.97 Å². The quantitative estimate of drug-likeness (QED) is 0.767. The maximum Gasteiger partial charge on any atom is 0.248 e. The van der Waals surface area contributed by atoms with Crippen molar-refractivity contribution in [2.75, 3.05) is 52.4 Å². The van der Waals surface area contributed by atoms with Crippen molar-refractivity contribution >= 4 is 11.7 Å². The smallest absolute Gasteiger partial charge is 0.248 e. The number of ether oxygens (including phenoxy) is 3. The molecule has 3 rings (SSSR count). The lowest BCUT2D eigenvalue weighted by Gasteiger charge is -2.53. The molecule has 0 N–H and O–H groups in total. The molecule has 0 aliphatic carbocycles. The van der Waals surface area contributed by atoms with Gasteiger partial charge in [0.15, 0.2) is 0 Å². The van der Waals surface area contributed by atoms with Crippen LogP contribution in [0.5, 0.6) is 5.88 Å². The van der Waals surface area contributed by atoms with Crippen LogP contribution in [0.2, 0.25) is 0 Å². The summed E-state index contributed by atoms with van der Waals surface area (Å²) in [6, 6.07) is 1.82. The van der Waals surface area contributed by atoms with Crippen LogP contribution in [0.25, 0.3) is 0 Å². The van der Waals surface area contributed by atoms with Crippen LogP contribution >= 0.6 is 0 Å². The predicted octanol–water partition coefficient (Wildman–Crippen LogP) is 0.328. The van der Waals surface area contributed by atoms with Gasteiger partial charge in [-0.2, -0.15) is 0 Å². The molecule has 132 valence electrons. The van der Waals surface area contributed by atoms with Crippen LogP contribution in [0.4, 0.5) is 5.82 Å². The number of aromatic nitrogens is 2. The molecule has 2 fully saturated rings. The maximum absolute atomic E-state index is 11.7. The van der Waals surface area contributed by atoms with Gasteiger partial charge in [0.25, 0.3) is 0 Å².